The van der Waals surface area contributed by atoms with Crippen molar-refractivity contribution in [3.05, 3.63) is 29.3 Å². The van der Waals surface area contributed by atoms with Crippen LogP contribution in [0.15, 0.2) is 23.6 Å². The maximum atomic E-state index is 12.3. The predicted octanol–water partition coefficient (Wildman–Crippen LogP) is 2.24. The molecule has 2 rings (SSSR count). The molecule has 2 aromatic heterocycles. The second kappa shape index (κ2) is 5.76. The summed E-state index contributed by atoms with van der Waals surface area (Å²) in [4.78, 5) is 13.3. The number of thiophene rings is 1. The fraction of sp³-hybridized carbons (Fsp3) is 0.429. The third-order valence-corrected chi connectivity index (χ3v) is 4.60. The topological polar surface area (TPSA) is 83.8 Å². The molecule has 6 heteroatoms. The van der Waals surface area contributed by atoms with E-state index in [1.54, 1.807) is 17.4 Å². The van der Waals surface area contributed by atoms with Crippen molar-refractivity contribution in [2.75, 3.05) is 6.54 Å². The molecule has 0 spiro atoms. The highest BCUT2D eigenvalue weighted by Crippen LogP contribution is 2.23. The number of carbonyl (C=O) groups excluding carboxylic acids is 1. The first kappa shape index (κ1) is 14.7. The number of nitrogens with zero attached hydrogens (tertiary/aromatic N) is 1. The van der Waals surface area contributed by atoms with E-state index in [0.29, 0.717) is 12.2 Å². The molecule has 0 bridgehead atoms. The first-order valence-electron chi connectivity index (χ1n) is 6.58. The van der Waals surface area contributed by atoms with Crippen LogP contribution in [0, 0.1) is 5.92 Å². The third kappa shape index (κ3) is 2.91. The summed E-state index contributed by atoms with van der Waals surface area (Å²) in [6.07, 6.45) is 0. The van der Waals surface area contributed by atoms with Gasteiger partial charge >= 0.3 is 0 Å². The van der Waals surface area contributed by atoms with E-state index < -0.39 is 5.54 Å². The first-order valence-corrected chi connectivity index (χ1v) is 7.46. The number of hydrogen-bond acceptors (Lipinski definition) is 4. The van der Waals surface area contributed by atoms with Crippen LogP contribution in [0.25, 0.3) is 10.6 Å². The van der Waals surface area contributed by atoms with Crippen LogP contribution < -0.4 is 11.1 Å². The lowest BCUT2D eigenvalue weighted by atomic mass is 9.88. The lowest BCUT2D eigenvalue weighted by Crippen LogP contribution is -2.55. The average molecular weight is 292 g/mol. The van der Waals surface area contributed by atoms with Gasteiger partial charge in [-0.2, -0.15) is 5.10 Å². The number of amides is 1. The van der Waals surface area contributed by atoms with Crippen molar-refractivity contribution in [3.63, 3.8) is 0 Å². The highest BCUT2D eigenvalue weighted by molar-refractivity contribution is 7.13. The van der Waals surface area contributed by atoms with Crippen molar-refractivity contribution in [3.8, 4) is 10.6 Å². The summed E-state index contributed by atoms with van der Waals surface area (Å²) in [5.74, 6) is 0.0397. The normalized spacial score (nSPS) is 14.2. The maximum Gasteiger partial charge on any atom is 0.272 e. The van der Waals surface area contributed by atoms with Crippen LogP contribution in [0.5, 0.6) is 0 Å². The Hall–Kier alpha value is -1.66. The summed E-state index contributed by atoms with van der Waals surface area (Å²) in [5.41, 5.74) is 6.58. The van der Waals surface area contributed by atoms with Gasteiger partial charge in [-0.1, -0.05) is 19.9 Å². The quantitative estimate of drug-likeness (QED) is 0.790. The second-order valence-electron chi connectivity index (χ2n) is 5.37. The fourth-order valence-corrected chi connectivity index (χ4v) is 2.44. The van der Waals surface area contributed by atoms with Crippen molar-refractivity contribution in [1.82, 2.24) is 15.5 Å². The summed E-state index contributed by atoms with van der Waals surface area (Å²) < 4.78 is 0. The van der Waals surface area contributed by atoms with Crippen LogP contribution in [0.2, 0.25) is 0 Å². The van der Waals surface area contributed by atoms with Gasteiger partial charge in [-0.05, 0) is 30.4 Å². The Morgan fingerprint density at radius 3 is 2.90 bits per heavy atom. The molecule has 108 valence electrons. The number of rotatable bonds is 5. The zero-order valence-corrected chi connectivity index (χ0v) is 12.8. The highest BCUT2D eigenvalue weighted by atomic mass is 32.1. The van der Waals surface area contributed by atoms with E-state index in [9.17, 15) is 4.79 Å². The van der Waals surface area contributed by atoms with Crippen LogP contribution >= 0.6 is 11.3 Å². The standard InChI is InChI=1S/C14H20N4OS/c1-9(2)14(3,8-15)16-13(19)11-7-10(17-18-11)12-5-4-6-20-12/h4-7,9H,8,15H2,1-3H3,(H,16,19)(H,17,18). The molecule has 2 heterocycles. The number of aromatic amines is 1. The Bertz CT molecular complexity index is 576. The van der Waals surface area contributed by atoms with Gasteiger partial charge in [0, 0.05) is 6.54 Å². The van der Waals surface area contributed by atoms with Crippen molar-refractivity contribution in [1.29, 1.82) is 0 Å². The summed E-state index contributed by atoms with van der Waals surface area (Å²) in [7, 11) is 0. The zero-order chi connectivity index (χ0) is 14.8. The molecule has 1 atom stereocenters. The minimum atomic E-state index is -0.431. The lowest BCUT2D eigenvalue weighted by Gasteiger charge is -2.33. The van der Waals surface area contributed by atoms with Gasteiger partial charge in [-0.15, -0.1) is 11.3 Å². The molecule has 0 aliphatic carbocycles. The van der Waals surface area contributed by atoms with E-state index in [-0.39, 0.29) is 11.8 Å². The summed E-state index contributed by atoms with van der Waals surface area (Å²) in [6, 6.07) is 5.71. The third-order valence-electron chi connectivity index (χ3n) is 3.69. The molecule has 4 N–H and O–H groups in total. The molecule has 1 amide bonds. The SMILES string of the molecule is CC(C)C(C)(CN)NC(=O)c1cc(-c2cccs2)[nH]n1. The number of carbonyl (C=O) groups is 1. The molecular weight excluding hydrogens is 272 g/mol. The van der Waals surface area contributed by atoms with Crippen LogP contribution in [0.1, 0.15) is 31.3 Å². The van der Waals surface area contributed by atoms with Crippen LogP contribution in [0.3, 0.4) is 0 Å². The van der Waals surface area contributed by atoms with Gasteiger partial charge in [0.05, 0.1) is 16.1 Å². The molecule has 0 saturated heterocycles. The van der Waals surface area contributed by atoms with Crippen molar-refractivity contribution in [2.45, 2.75) is 26.3 Å². The Morgan fingerprint density at radius 2 is 2.35 bits per heavy atom. The highest BCUT2D eigenvalue weighted by Gasteiger charge is 2.29. The smallest absolute Gasteiger partial charge is 0.272 e. The Morgan fingerprint density at radius 1 is 1.60 bits per heavy atom. The average Bonchev–Trinajstić information content (AvgIpc) is 3.08. The molecule has 1 unspecified atom stereocenters. The van der Waals surface area contributed by atoms with Gasteiger partial charge in [0.2, 0.25) is 0 Å². The van der Waals surface area contributed by atoms with Gasteiger partial charge in [-0.3, -0.25) is 9.89 Å². The molecule has 20 heavy (non-hydrogen) atoms. The molecule has 0 aliphatic rings. The number of hydrogen-bond donors (Lipinski definition) is 3. The Labute approximate surface area is 122 Å². The molecule has 0 aromatic carbocycles. The van der Waals surface area contributed by atoms with Gasteiger partial charge in [0.1, 0.15) is 0 Å². The zero-order valence-electron chi connectivity index (χ0n) is 11.9. The number of H-pyrrole nitrogens is 1. The van der Waals surface area contributed by atoms with Crippen molar-refractivity contribution in [2.24, 2.45) is 11.7 Å². The molecule has 0 radical (unpaired) electrons. The van der Waals surface area contributed by atoms with E-state index in [0.717, 1.165) is 10.6 Å². The summed E-state index contributed by atoms with van der Waals surface area (Å²) in [6.45, 7) is 6.41. The maximum absolute atomic E-state index is 12.3. The number of aromatic nitrogens is 2. The molecule has 2 aromatic rings. The van der Waals surface area contributed by atoms with E-state index in [2.05, 4.69) is 15.5 Å². The van der Waals surface area contributed by atoms with Gasteiger partial charge in [0.25, 0.3) is 5.91 Å². The molecule has 5 nitrogen and oxygen atoms in total. The van der Waals surface area contributed by atoms with E-state index in [1.807, 2.05) is 38.3 Å². The molecule has 0 fully saturated rings. The second-order valence-corrected chi connectivity index (χ2v) is 6.32. The van der Waals surface area contributed by atoms with Crippen LogP contribution in [-0.4, -0.2) is 28.2 Å². The van der Waals surface area contributed by atoms with Crippen molar-refractivity contribution < 1.29 is 4.79 Å². The monoisotopic (exact) mass is 292 g/mol. The van der Waals surface area contributed by atoms with Gasteiger partial charge in [0.15, 0.2) is 5.69 Å². The van der Waals surface area contributed by atoms with Crippen LogP contribution in [-0.2, 0) is 0 Å². The number of nitrogens with two attached hydrogens (primary N) is 1. The molecule has 0 aliphatic heterocycles. The van der Waals surface area contributed by atoms with E-state index in [1.165, 1.54) is 0 Å². The van der Waals surface area contributed by atoms with Gasteiger partial charge < -0.3 is 11.1 Å². The number of nitrogens with one attached hydrogen (secondary N) is 2. The Balaban J connectivity index is 2.14. The minimum absolute atomic E-state index is 0.203. The van der Waals surface area contributed by atoms with E-state index >= 15 is 0 Å². The van der Waals surface area contributed by atoms with Gasteiger partial charge in [-0.25, -0.2) is 0 Å². The Kier molecular flexibility index (Phi) is 4.25. The fourth-order valence-electron chi connectivity index (χ4n) is 1.75. The summed E-state index contributed by atoms with van der Waals surface area (Å²) in [5, 5.41) is 11.9. The molecule has 0 saturated carbocycles. The van der Waals surface area contributed by atoms with Crippen LogP contribution in [0.4, 0.5) is 0 Å². The largest absolute Gasteiger partial charge is 0.344 e. The predicted molar refractivity (Wildman–Crippen MR) is 81.7 cm³/mol. The minimum Gasteiger partial charge on any atom is -0.344 e. The first-order chi connectivity index (χ1) is 9.46. The lowest BCUT2D eigenvalue weighted by molar-refractivity contribution is 0.0878. The summed E-state index contributed by atoms with van der Waals surface area (Å²) >= 11 is 1.60. The molecular formula is C14H20N4OS. The van der Waals surface area contributed by atoms with E-state index in [4.69, 9.17) is 5.73 Å². The van der Waals surface area contributed by atoms with Crippen molar-refractivity contribution >= 4 is 17.2 Å².